The molecule has 5 nitrogen and oxygen atoms in total. The van der Waals surface area contributed by atoms with Crippen LogP contribution >= 0.6 is 11.6 Å². The van der Waals surface area contributed by atoms with Gasteiger partial charge in [-0.05, 0) is 31.2 Å². The van der Waals surface area contributed by atoms with E-state index in [0.29, 0.717) is 18.7 Å². The Hall–Kier alpha value is -1.96. The van der Waals surface area contributed by atoms with Crippen LogP contribution in [0, 0.1) is 5.82 Å². The molecule has 0 aliphatic carbocycles. The second-order valence-electron chi connectivity index (χ2n) is 5.95. The van der Waals surface area contributed by atoms with Gasteiger partial charge < -0.3 is 5.32 Å². The predicted octanol–water partition coefficient (Wildman–Crippen LogP) is 4.00. The molecular weight excluding hydrogens is 391 g/mol. The molecule has 1 amide bonds. The fourth-order valence-electron chi connectivity index (χ4n) is 2.73. The topological polar surface area (TPSA) is 66.5 Å². The van der Waals surface area contributed by atoms with E-state index in [1.807, 2.05) is 0 Å². The average Bonchev–Trinajstić information content (AvgIpc) is 2.62. The summed E-state index contributed by atoms with van der Waals surface area (Å²) in [7, 11) is -3.73. The Bertz CT molecular complexity index is 930. The van der Waals surface area contributed by atoms with Gasteiger partial charge in [-0.15, -0.1) is 0 Å². The Balaban J connectivity index is 2.33. The summed E-state index contributed by atoms with van der Waals surface area (Å²) in [6.07, 6.45) is 0. The van der Waals surface area contributed by atoms with E-state index < -0.39 is 27.8 Å². The first kappa shape index (κ1) is 21.3. The Labute approximate surface area is 164 Å². The Kier molecular flexibility index (Phi) is 6.97. The molecule has 146 valence electrons. The summed E-state index contributed by atoms with van der Waals surface area (Å²) in [4.78, 5) is 12.6. The molecule has 1 atom stereocenters. The van der Waals surface area contributed by atoms with E-state index in [-0.39, 0.29) is 15.5 Å². The van der Waals surface area contributed by atoms with Gasteiger partial charge >= 0.3 is 0 Å². The normalized spacial score (nSPS) is 12.8. The van der Waals surface area contributed by atoms with Gasteiger partial charge in [-0.1, -0.05) is 43.6 Å². The van der Waals surface area contributed by atoms with Crippen molar-refractivity contribution < 1.29 is 17.6 Å². The first-order chi connectivity index (χ1) is 12.7. The third-order valence-corrected chi connectivity index (χ3v) is 6.62. The maximum absolute atomic E-state index is 13.9. The number of amides is 1. The van der Waals surface area contributed by atoms with Gasteiger partial charge in [0.1, 0.15) is 5.82 Å². The van der Waals surface area contributed by atoms with Gasteiger partial charge in [-0.2, -0.15) is 4.31 Å². The second-order valence-corrected chi connectivity index (χ2v) is 8.29. The zero-order valence-electron chi connectivity index (χ0n) is 15.4. The minimum atomic E-state index is -3.73. The molecule has 8 heteroatoms. The molecule has 0 fully saturated rings. The van der Waals surface area contributed by atoms with E-state index in [4.69, 9.17) is 11.6 Å². The lowest BCUT2D eigenvalue weighted by Crippen LogP contribution is -2.31. The van der Waals surface area contributed by atoms with Crippen molar-refractivity contribution in [3.05, 3.63) is 64.4 Å². The number of halogens is 2. The first-order valence-corrected chi connectivity index (χ1v) is 10.4. The number of benzene rings is 2. The standard InChI is InChI=1S/C19H22ClFN2O3S/c1-4-23(5-2)27(25,26)14-10-11-17(20)16(12-14)19(24)22-13(3)15-8-6-7-9-18(15)21/h6-13H,4-5H2,1-3H3,(H,22,24). The summed E-state index contributed by atoms with van der Waals surface area (Å²) < 4.78 is 40.5. The minimum Gasteiger partial charge on any atom is -0.345 e. The average molecular weight is 413 g/mol. The molecule has 0 aromatic heterocycles. The first-order valence-electron chi connectivity index (χ1n) is 8.57. The van der Waals surface area contributed by atoms with Crippen molar-refractivity contribution in [2.75, 3.05) is 13.1 Å². The number of carbonyl (C=O) groups excluding carboxylic acids is 1. The highest BCUT2D eigenvalue weighted by molar-refractivity contribution is 7.89. The van der Waals surface area contributed by atoms with Crippen LogP contribution < -0.4 is 5.32 Å². The highest BCUT2D eigenvalue weighted by Gasteiger charge is 2.24. The molecule has 2 rings (SSSR count). The molecule has 2 aromatic rings. The smallest absolute Gasteiger partial charge is 0.253 e. The van der Waals surface area contributed by atoms with E-state index in [1.54, 1.807) is 39.0 Å². The molecule has 0 aliphatic rings. The van der Waals surface area contributed by atoms with E-state index in [2.05, 4.69) is 5.32 Å². The Morgan fingerprint density at radius 1 is 1.19 bits per heavy atom. The van der Waals surface area contributed by atoms with Gasteiger partial charge in [0.25, 0.3) is 5.91 Å². The fraction of sp³-hybridized carbons (Fsp3) is 0.316. The number of hydrogen-bond acceptors (Lipinski definition) is 3. The van der Waals surface area contributed by atoms with Crippen LogP contribution in [-0.2, 0) is 10.0 Å². The van der Waals surface area contributed by atoms with Gasteiger partial charge in [0.05, 0.1) is 21.5 Å². The summed E-state index contributed by atoms with van der Waals surface area (Å²) in [5, 5.41) is 2.78. The molecule has 2 aromatic carbocycles. The quantitative estimate of drug-likeness (QED) is 0.747. The van der Waals surface area contributed by atoms with Gasteiger partial charge in [0, 0.05) is 18.7 Å². The van der Waals surface area contributed by atoms with Crippen LogP contribution in [0.3, 0.4) is 0 Å². The molecule has 0 spiro atoms. The highest BCUT2D eigenvalue weighted by Crippen LogP contribution is 2.24. The molecule has 0 aliphatic heterocycles. The van der Waals surface area contributed by atoms with Gasteiger partial charge in [0.2, 0.25) is 10.0 Å². The predicted molar refractivity (Wildman–Crippen MR) is 104 cm³/mol. The Morgan fingerprint density at radius 2 is 1.81 bits per heavy atom. The van der Waals surface area contributed by atoms with Crippen molar-refractivity contribution in [1.29, 1.82) is 0 Å². The third kappa shape index (κ3) is 4.66. The zero-order chi connectivity index (χ0) is 20.2. The van der Waals surface area contributed by atoms with Crippen LogP contribution in [0.1, 0.15) is 42.7 Å². The minimum absolute atomic E-state index is 0.0145. The molecule has 0 saturated heterocycles. The van der Waals surface area contributed by atoms with E-state index in [9.17, 15) is 17.6 Å². The summed E-state index contributed by atoms with van der Waals surface area (Å²) in [6.45, 7) is 5.74. The molecule has 1 unspecified atom stereocenters. The van der Waals surface area contributed by atoms with Crippen molar-refractivity contribution in [2.24, 2.45) is 0 Å². The van der Waals surface area contributed by atoms with Crippen molar-refractivity contribution in [1.82, 2.24) is 9.62 Å². The molecule has 0 saturated carbocycles. The third-order valence-electron chi connectivity index (χ3n) is 4.24. The number of carbonyl (C=O) groups is 1. The highest BCUT2D eigenvalue weighted by atomic mass is 35.5. The SMILES string of the molecule is CCN(CC)S(=O)(=O)c1ccc(Cl)c(C(=O)NC(C)c2ccccc2F)c1. The van der Waals surface area contributed by atoms with Crippen LogP contribution in [0.25, 0.3) is 0 Å². The lowest BCUT2D eigenvalue weighted by molar-refractivity contribution is 0.0939. The number of sulfonamides is 1. The fourth-order valence-corrected chi connectivity index (χ4v) is 4.42. The lowest BCUT2D eigenvalue weighted by Gasteiger charge is -2.19. The van der Waals surface area contributed by atoms with Crippen LogP contribution in [0.4, 0.5) is 4.39 Å². The Morgan fingerprint density at radius 3 is 2.41 bits per heavy atom. The van der Waals surface area contributed by atoms with Gasteiger partial charge in [-0.3, -0.25) is 4.79 Å². The zero-order valence-corrected chi connectivity index (χ0v) is 16.9. The summed E-state index contributed by atoms with van der Waals surface area (Å²) in [5.74, 6) is -1.01. The summed E-state index contributed by atoms with van der Waals surface area (Å²) >= 11 is 6.11. The van der Waals surface area contributed by atoms with Crippen molar-refractivity contribution in [3.8, 4) is 0 Å². The van der Waals surface area contributed by atoms with Crippen LogP contribution in [-0.4, -0.2) is 31.7 Å². The van der Waals surface area contributed by atoms with Crippen molar-refractivity contribution >= 4 is 27.5 Å². The van der Waals surface area contributed by atoms with E-state index in [1.165, 1.54) is 28.6 Å². The molecule has 27 heavy (non-hydrogen) atoms. The maximum atomic E-state index is 13.9. The van der Waals surface area contributed by atoms with Gasteiger partial charge in [-0.25, -0.2) is 12.8 Å². The lowest BCUT2D eigenvalue weighted by atomic mass is 10.1. The molecule has 0 bridgehead atoms. The van der Waals surface area contributed by atoms with Crippen LogP contribution in [0.5, 0.6) is 0 Å². The summed E-state index contributed by atoms with van der Waals surface area (Å²) in [6, 6.07) is 9.49. The van der Waals surface area contributed by atoms with E-state index >= 15 is 0 Å². The molecule has 1 N–H and O–H groups in total. The monoisotopic (exact) mass is 412 g/mol. The number of hydrogen-bond donors (Lipinski definition) is 1. The van der Waals surface area contributed by atoms with Gasteiger partial charge in [0.15, 0.2) is 0 Å². The van der Waals surface area contributed by atoms with Crippen molar-refractivity contribution in [3.63, 3.8) is 0 Å². The van der Waals surface area contributed by atoms with E-state index in [0.717, 1.165) is 0 Å². The molecule has 0 heterocycles. The number of nitrogens with zero attached hydrogens (tertiary/aromatic N) is 1. The maximum Gasteiger partial charge on any atom is 0.253 e. The number of nitrogens with one attached hydrogen (secondary N) is 1. The summed E-state index contributed by atoms with van der Waals surface area (Å²) in [5.41, 5.74) is 0.349. The second kappa shape index (κ2) is 8.82. The van der Waals surface area contributed by atoms with Crippen molar-refractivity contribution in [2.45, 2.75) is 31.7 Å². The number of rotatable bonds is 7. The largest absolute Gasteiger partial charge is 0.345 e. The van der Waals surface area contributed by atoms with Crippen LogP contribution in [0.2, 0.25) is 5.02 Å². The molecule has 0 radical (unpaired) electrons. The van der Waals surface area contributed by atoms with Crippen LogP contribution in [0.15, 0.2) is 47.4 Å². The molecular formula is C19H22ClFN2O3S.